The Morgan fingerprint density at radius 1 is 1.41 bits per heavy atom. The van der Waals surface area contributed by atoms with Crippen LogP contribution in [0.15, 0.2) is 24.3 Å². The van der Waals surface area contributed by atoms with Crippen LogP contribution in [-0.4, -0.2) is 47.3 Å². The molecule has 2 N–H and O–H groups in total. The van der Waals surface area contributed by atoms with E-state index in [-0.39, 0.29) is 23.8 Å². The van der Waals surface area contributed by atoms with Gasteiger partial charge in [0.1, 0.15) is 12.1 Å². The SMILES string of the molecule is C[C@@H]1NC(=O)[C@@H]2C[C@H](NC(=O)c3cccc(Cl)c3)CN2C1=O. The maximum atomic E-state index is 12.2. The van der Waals surface area contributed by atoms with Gasteiger partial charge >= 0.3 is 0 Å². The van der Waals surface area contributed by atoms with Crippen molar-refractivity contribution in [3.63, 3.8) is 0 Å². The van der Waals surface area contributed by atoms with E-state index in [4.69, 9.17) is 11.6 Å². The van der Waals surface area contributed by atoms with Gasteiger partial charge < -0.3 is 15.5 Å². The summed E-state index contributed by atoms with van der Waals surface area (Å²) in [6.45, 7) is 2.02. The summed E-state index contributed by atoms with van der Waals surface area (Å²) in [4.78, 5) is 37.8. The molecule has 3 amide bonds. The molecule has 2 saturated heterocycles. The molecule has 0 spiro atoms. The predicted molar refractivity (Wildman–Crippen MR) is 80.4 cm³/mol. The van der Waals surface area contributed by atoms with Gasteiger partial charge in [0.05, 0.1) is 0 Å². The fourth-order valence-corrected chi connectivity index (χ4v) is 3.14. The van der Waals surface area contributed by atoms with Gasteiger partial charge in [-0.05, 0) is 31.5 Å². The van der Waals surface area contributed by atoms with Crippen molar-refractivity contribution in [2.45, 2.75) is 31.5 Å². The van der Waals surface area contributed by atoms with E-state index in [2.05, 4.69) is 10.6 Å². The second-order valence-corrected chi connectivity index (χ2v) is 6.09. The van der Waals surface area contributed by atoms with Crippen molar-refractivity contribution in [2.24, 2.45) is 0 Å². The summed E-state index contributed by atoms with van der Waals surface area (Å²) in [5.41, 5.74) is 0.460. The Balaban J connectivity index is 1.69. The first-order valence-electron chi connectivity index (χ1n) is 7.13. The van der Waals surface area contributed by atoms with Gasteiger partial charge in [-0.2, -0.15) is 0 Å². The summed E-state index contributed by atoms with van der Waals surface area (Å²) in [6, 6.07) is 5.41. The lowest BCUT2D eigenvalue weighted by Gasteiger charge is -2.32. The molecule has 0 radical (unpaired) electrons. The van der Waals surface area contributed by atoms with Crippen molar-refractivity contribution in [3.05, 3.63) is 34.9 Å². The third-order valence-corrected chi connectivity index (χ3v) is 4.27. The van der Waals surface area contributed by atoms with E-state index in [1.165, 1.54) is 0 Å². The number of amides is 3. The molecule has 2 aliphatic heterocycles. The van der Waals surface area contributed by atoms with Crippen molar-refractivity contribution in [1.82, 2.24) is 15.5 Å². The number of piperazine rings is 1. The number of carbonyl (C=O) groups excluding carboxylic acids is 3. The number of nitrogens with zero attached hydrogens (tertiary/aromatic N) is 1. The summed E-state index contributed by atoms with van der Waals surface area (Å²) < 4.78 is 0. The molecule has 116 valence electrons. The van der Waals surface area contributed by atoms with Crippen LogP contribution < -0.4 is 10.6 Å². The van der Waals surface area contributed by atoms with E-state index < -0.39 is 12.1 Å². The largest absolute Gasteiger partial charge is 0.347 e. The number of fused-ring (bicyclic) bond motifs is 1. The van der Waals surface area contributed by atoms with Gasteiger partial charge in [0, 0.05) is 23.2 Å². The van der Waals surface area contributed by atoms with E-state index >= 15 is 0 Å². The molecule has 0 aromatic heterocycles. The third-order valence-electron chi connectivity index (χ3n) is 4.04. The molecular formula is C15H16ClN3O3. The van der Waals surface area contributed by atoms with Crippen LogP contribution in [0.1, 0.15) is 23.7 Å². The minimum absolute atomic E-state index is 0.107. The molecule has 3 atom stereocenters. The fraction of sp³-hybridized carbons (Fsp3) is 0.400. The molecule has 6 nitrogen and oxygen atoms in total. The zero-order chi connectivity index (χ0) is 15.9. The first kappa shape index (κ1) is 14.8. The summed E-state index contributed by atoms with van der Waals surface area (Å²) in [7, 11) is 0. The second-order valence-electron chi connectivity index (χ2n) is 5.65. The molecule has 0 aliphatic carbocycles. The van der Waals surface area contributed by atoms with Crippen molar-refractivity contribution in [1.29, 1.82) is 0 Å². The Labute approximate surface area is 132 Å². The van der Waals surface area contributed by atoms with E-state index in [0.717, 1.165) is 0 Å². The lowest BCUT2D eigenvalue weighted by molar-refractivity contribution is -0.146. The van der Waals surface area contributed by atoms with Gasteiger partial charge in [0.25, 0.3) is 5.91 Å². The Bertz CT molecular complexity index is 649. The van der Waals surface area contributed by atoms with E-state index in [1.54, 1.807) is 36.1 Å². The third kappa shape index (κ3) is 2.66. The zero-order valence-corrected chi connectivity index (χ0v) is 12.8. The maximum Gasteiger partial charge on any atom is 0.251 e. The molecule has 1 aromatic rings. The minimum Gasteiger partial charge on any atom is -0.347 e. The maximum absolute atomic E-state index is 12.2. The second kappa shape index (κ2) is 5.61. The molecule has 3 rings (SSSR count). The molecule has 22 heavy (non-hydrogen) atoms. The zero-order valence-electron chi connectivity index (χ0n) is 12.0. The number of carbonyl (C=O) groups is 3. The van der Waals surface area contributed by atoms with E-state index in [1.807, 2.05) is 0 Å². The molecule has 0 unspecified atom stereocenters. The molecular weight excluding hydrogens is 306 g/mol. The van der Waals surface area contributed by atoms with Gasteiger partial charge in [0.15, 0.2) is 0 Å². The normalized spacial score (nSPS) is 27.4. The average Bonchev–Trinajstić information content (AvgIpc) is 2.89. The van der Waals surface area contributed by atoms with Crippen LogP contribution in [0.5, 0.6) is 0 Å². The summed E-state index contributed by atoms with van der Waals surface area (Å²) in [5, 5.41) is 6.00. The molecule has 2 fully saturated rings. The van der Waals surface area contributed by atoms with Crippen LogP contribution in [-0.2, 0) is 9.59 Å². The van der Waals surface area contributed by atoms with Crippen LogP contribution in [0.2, 0.25) is 5.02 Å². The molecule has 1 aromatic carbocycles. The highest BCUT2D eigenvalue weighted by Gasteiger charge is 2.45. The van der Waals surface area contributed by atoms with Crippen LogP contribution in [0.25, 0.3) is 0 Å². The molecule has 0 bridgehead atoms. The predicted octanol–water partition coefficient (Wildman–Crippen LogP) is 0.558. The minimum atomic E-state index is -0.508. The first-order valence-corrected chi connectivity index (χ1v) is 7.51. The highest BCUT2D eigenvalue weighted by atomic mass is 35.5. The van der Waals surface area contributed by atoms with Gasteiger partial charge in [-0.15, -0.1) is 0 Å². The number of hydrogen-bond acceptors (Lipinski definition) is 3. The van der Waals surface area contributed by atoms with Gasteiger partial charge in [-0.1, -0.05) is 17.7 Å². The first-order chi connectivity index (χ1) is 10.5. The highest BCUT2D eigenvalue weighted by Crippen LogP contribution is 2.23. The summed E-state index contributed by atoms with van der Waals surface area (Å²) >= 11 is 5.87. The Hall–Kier alpha value is -2.08. The van der Waals surface area contributed by atoms with Crippen LogP contribution in [0, 0.1) is 0 Å². The Kier molecular flexibility index (Phi) is 3.78. The number of rotatable bonds is 2. The Morgan fingerprint density at radius 2 is 2.18 bits per heavy atom. The lowest BCUT2D eigenvalue weighted by atomic mass is 10.1. The van der Waals surface area contributed by atoms with Crippen molar-refractivity contribution in [2.75, 3.05) is 6.54 Å². The Morgan fingerprint density at radius 3 is 2.91 bits per heavy atom. The molecule has 0 saturated carbocycles. The highest BCUT2D eigenvalue weighted by molar-refractivity contribution is 6.30. The van der Waals surface area contributed by atoms with E-state index in [9.17, 15) is 14.4 Å². The number of nitrogens with one attached hydrogen (secondary N) is 2. The van der Waals surface area contributed by atoms with Crippen molar-refractivity contribution < 1.29 is 14.4 Å². The van der Waals surface area contributed by atoms with Gasteiger partial charge in [0.2, 0.25) is 11.8 Å². The number of benzene rings is 1. The van der Waals surface area contributed by atoms with E-state index in [0.29, 0.717) is 23.6 Å². The lowest BCUT2D eigenvalue weighted by Crippen LogP contribution is -2.60. The van der Waals surface area contributed by atoms with Gasteiger partial charge in [-0.25, -0.2) is 0 Å². The molecule has 2 aliphatic rings. The summed E-state index contributed by atoms with van der Waals surface area (Å²) in [5.74, 6) is -0.524. The van der Waals surface area contributed by atoms with Crippen LogP contribution in [0.3, 0.4) is 0 Å². The molecule has 2 heterocycles. The number of halogens is 1. The van der Waals surface area contributed by atoms with Gasteiger partial charge in [-0.3, -0.25) is 14.4 Å². The van der Waals surface area contributed by atoms with Crippen LogP contribution in [0.4, 0.5) is 0 Å². The number of hydrogen-bond donors (Lipinski definition) is 2. The molecule has 7 heteroatoms. The monoisotopic (exact) mass is 321 g/mol. The summed E-state index contributed by atoms with van der Waals surface area (Å²) in [6.07, 6.45) is 0.427. The quantitative estimate of drug-likeness (QED) is 0.835. The van der Waals surface area contributed by atoms with Crippen LogP contribution >= 0.6 is 11.6 Å². The topological polar surface area (TPSA) is 78.5 Å². The smallest absolute Gasteiger partial charge is 0.251 e. The van der Waals surface area contributed by atoms with Crippen molar-refractivity contribution >= 4 is 29.3 Å². The standard InChI is InChI=1S/C15H16ClN3O3/c1-8-15(22)19-7-11(6-12(19)14(21)17-8)18-13(20)9-3-2-4-10(16)5-9/h2-5,8,11-12H,6-7H2,1H3,(H,17,21)(H,18,20)/t8-,11-,12-/m0/s1. The fourth-order valence-electron chi connectivity index (χ4n) is 2.95. The van der Waals surface area contributed by atoms with Crippen molar-refractivity contribution in [3.8, 4) is 0 Å². The average molecular weight is 322 g/mol.